The van der Waals surface area contributed by atoms with Crippen LogP contribution in [-0.4, -0.2) is 25.7 Å². The van der Waals surface area contributed by atoms with Gasteiger partial charge in [-0.2, -0.15) is 0 Å². The molecule has 2 N–H and O–H groups in total. The average Bonchev–Trinajstić information content (AvgIpc) is 3.40. The van der Waals surface area contributed by atoms with Crippen LogP contribution in [0.5, 0.6) is 5.75 Å². The monoisotopic (exact) mass is 335 g/mol. The molecule has 1 fully saturated rings. The Morgan fingerprint density at radius 2 is 1.80 bits per heavy atom. The molecule has 0 radical (unpaired) electrons. The number of aliphatic imine (C=N–C) groups is 1. The minimum atomic E-state index is 0.242. The average molecular weight is 335 g/mol. The van der Waals surface area contributed by atoms with Gasteiger partial charge >= 0.3 is 0 Å². The number of hydrogen-bond acceptors (Lipinski definition) is 2. The molecule has 0 saturated heterocycles. The van der Waals surface area contributed by atoms with Gasteiger partial charge in [0.05, 0.1) is 12.6 Å². The number of nitrogens with one attached hydrogen (secondary N) is 2. The number of benzene rings is 2. The Hall–Kier alpha value is -2.49. The third kappa shape index (κ3) is 3.34. The van der Waals surface area contributed by atoms with E-state index in [0.717, 1.165) is 31.2 Å². The van der Waals surface area contributed by atoms with Crippen molar-refractivity contribution in [3.05, 3.63) is 65.2 Å². The van der Waals surface area contributed by atoms with Gasteiger partial charge in [0.15, 0.2) is 5.96 Å². The van der Waals surface area contributed by atoms with Gasteiger partial charge in [0.25, 0.3) is 0 Å². The highest BCUT2D eigenvalue weighted by atomic mass is 16.5. The first kappa shape index (κ1) is 16.0. The van der Waals surface area contributed by atoms with E-state index in [0.29, 0.717) is 12.0 Å². The summed E-state index contributed by atoms with van der Waals surface area (Å²) in [5, 5.41) is 7.17. The van der Waals surface area contributed by atoms with Crippen molar-refractivity contribution in [3.63, 3.8) is 0 Å². The molecule has 1 aliphatic heterocycles. The van der Waals surface area contributed by atoms with Crippen molar-refractivity contribution < 1.29 is 4.74 Å². The fourth-order valence-corrected chi connectivity index (χ4v) is 3.70. The van der Waals surface area contributed by atoms with Crippen molar-refractivity contribution in [2.45, 2.75) is 37.8 Å². The Bertz CT molecular complexity index is 786. The lowest BCUT2D eigenvalue weighted by Crippen LogP contribution is -2.42. The molecule has 25 heavy (non-hydrogen) atoms. The van der Waals surface area contributed by atoms with Crippen LogP contribution >= 0.6 is 0 Å². The second-order valence-electron chi connectivity index (χ2n) is 6.89. The maximum atomic E-state index is 5.75. The van der Waals surface area contributed by atoms with Gasteiger partial charge in [-0.25, -0.2) is 0 Å². The Labute approximate surface area is 149 Å². The van der Waals surface area contributed by atoms with Gasteiger partial charge in [0.1, 0.15) is 5.75 Å². The summed E-state index contributed by atoms with van der Waals surface area (Å²) in [5.41, 5.74) is 4.04. The lowest BCUT2D eigenvalue weighted by molar-refractivity contribution is 0.261. The fourth-order valence-electron chi connectivity index (χ4n) is 3.70. The summed E-state index contributed by atoms with van der Waals surface area (Å²) in [6.07, 6.45) is 2.11. The molecule has 4 rings (SSSR count). The van der Waals surface area contributed by atoms with Crippen LogP contribution in [0, 0.1) is 6.92 Å². The molecule has 3 unspecified atom stereocenters. The summed E-state index contributed by atoms with van der Waals surface area (Å²) >= 11 is 0. The smallest absolute Gasteiger partial charge is 0.191 e. The van der Waals surface area contributed by atoms with Crippen LogP contribution < -0.4 is 15.4 Å². The van der Waals surface area contributed by atoms with E-state index >= 15 is 0 Å². The highest BCUT2D eigenvalue weighted by Gasteiger charge is 2.40. The second-order valence-corrected chi connectivity index (χ2v) is 6.89. The first-order valence-electron chi connectivity index (χ1n) is 9.03. The number of fused-ring (bicyclic) bond motifs is 1. The topological polar surface area (TPSA) is 45.7 Å². The number of aryl methyl sites for hydroxylation is 1. The molecule has 1 heterocycles. The van der Waals surface area contributed by atoms with Crippen molar-refractivity contribution in [2.75, 3.05) is 13.7 Å². The highest BCUT2D eigenvalue weighted by Crippen LogP contribution is 2.42. The van der Waals surface area contributed by atoms with Crippen molar-refractivity contribution >= 4 is 5.96 Å². The lowest BCUT2D eigenvalue weighted by atomic mass is 10.0. The Morgan fingerprint density at radius 1 is 1.04 bits per heavy atom. The second kappa shape index (κ2) is 6.79. The largest absolute Gasteiger partial charge is 0.493 e. The van der Waals surface area contributed by atoms with Crippen molar-refractivity contribution in [3.8, 4) is 5.75 Å². The van der Waals surface area contributed by atoms with Gasteiger partial charge < -0.3 is 15.4 Å². The summed E-state index contributed by atoms with van der Waals surface area (Å²) in [5.74, 6) is 2.44. The third-order valence-corrected chi connectivity index (χ3v) is 5.19. The molecule has 2 aromatic rings. The van der Waals surface area contributed by atoms with Gasteiger partial charge in [0.2, 0.25) is 0 Å². The molecule has 4 heteroatoms. The molecule has 0 amide bonds. The maximum Gasteiger partial charge on any atom is 0.191 e. The summed E-state index contributed by atoms with van der Waals surface area (Å²) in [4.78, 5) is 4.44. The molecule has 4 nitrogen and oxygen atoms in total. The van der Waals surface area contributed by atoms with Crippen LogP contribution in [0.3, 0.4) is 0 Å². The van der Waals surface area contributed by atoms with Crippen LogP contribution in [-0.2, 0) is 0 Å². The minimum Gasteiger partial charge on any atom is -0.493 e. The number of hydrogen-bond donors (Lipinski definition) is 2. The van der Waals surface area contributed by atoms with E-state index in [-0.39, 0.29) is 6.04 Å². The molecular weight excluding hydrogens is 310 g/mol. The minimum absolute atomic E-state index is 0.242. The standard InChI is InChI=1S/C21H25N3O/c1-14-7-3-4-8-15(14)17-13-19(17)24-21(22-2)23-18-11-12-25-20-10-6-5-9-16(18)20/h3-10,17-19H,11-13H2,1-2H3,(H2,22,23,24). The number of nitrogens with zero attached hydrogens (tertiary/aromatic N) is 1. The fraction of sp³-hybridized carbons (Fsp3) is 0.381. The number of rotatable bonds is 3. The van der Waals surface area contributed by atoms with Gasteiger partial charge in [-0.3, -0.25) is 4.99 Å². The van der Waals surface area contributed by atoms with Crippen LogP contribution in [0.25, 0.3) is 0 Å². The normalized spacial score (nSPS) is 24.9. The number of guanidine groups is 1. The van der Waals surface area contributed by atoms with Gasteiger partial charge in [0, 0.05) is 31.0 Å². The lowest BCUT2D eigenvalue weighted by Gasteiger charge is -2.28. The molecule has 2 aliphatic rings. The van der Waals surface area contributed by atoms with Gasteiger partial charge in [-0.15, -0.1) is 0 Å². The van der Waals surface area contributed by atoms with E-state index in [2.05, 4.69) is 58.9 Å². The van der Waals surface area contributed by atoms with E-state index in [1.165, 1.54) is 16.7 Å². The number of para-hydroxylation sites is 1. The van der Waals surface area contributed by atoms with Gasteiger partial charge in [-0.1, -0.05) is 42.5 Å². The van der Waals surface area contributed by atoms with Crippen LogP contribution in [0.2, 0.25) is 0 Å². The van der Waals surface area contributed by atoms with E-state index in [1.54, 1.807) is 0 Å². The van der Waals surface area contributed by atoms with Crippen molar-refractivity contribution in [2.24, 2.45) is 4.99 Å². The summed E-state index contributed by atoms with van der Waals surface area (Å²) < 4.78 is 5.75. The zero-order chi connectivity index (χ0) is 17.2. The van der Waals surface area contributed by atoms with Crippen LogP contribution in [0.4, 0.5) is 0 Å². The summed E-state index contributed by atoms with van der Waals surface area (Å²) in [7, 11) is 1.84. The number of ether oxygens (including phenoxy) is 1. The Balaban J connectivity index is 1.41. The van der Waals surface area contributed by atoms with Crippen LogP contribution in [0.15, 0.2) is 53.5 Å². The van der Waals surface area contributed by atoms with Crippen molar-refractivity contribution in [1.29, 1.82) is 0 Å². The third-order valence-electron chi connectivity index (χ3n) is 5.19. The molecule has 2 aromatic carbocycles. The van der Waals surface area contributed by atoms with E-state index in [9.17, 15) is 0 Å². The SMILES string of the molecule is CN=C(NC1CCOc2ccccc21)NC1CC1c1ccccc1C. The van der Waals surface area contributed by atoms with Crippen molar-refractivity contribution in [1.82, 2.24) is 10.6 Å². The quantitative estimate of drug-likeness (QED) is 0.666. The molecule has 1 saturated carbocycles. The summed E-state index contributed by atoms with van der Waals surface area (Å²) in [6, 6.07) is 17.6. The predicted molar refractivity (Wildman–Crippen MR) is 101 cm³/mol. The zero-order valence-corrected chi connectivity index (χ0v) is 14.8. The Morgan fingerprint density at radius 3 is 2.60 bits per heavy atom. The maximum absolute atomic E-state index is 5.75. The molecule has 130 valence electrons. The van der Waals surface area contributed by atoms with E-state index in [1.807, 2.05) is 19.2 Å². The molecule has 1 aliphatic carbocycles. The Kier molecular flexibility index (Phi) is 4.35. The molecule has 0 aromatic heterocycles. The highest BCUT2D eigenvalue weighted by molar-refractivity contribution is 5.81. The molecular formula is C21H25N3O. The molecule has 0 bridgehead atoms. The summed E-state index contributed by atoms with van der Waals surface area (Å²) in [6.45, 7) is 2.93. The first-order chi connectivity index (χ1) is 12.3. The zero-order valence-electron chi connectivity index (χ0n) is 14.8. The predicted octanol–water partition coefficient (Wildman–Crippen LogP) is 3.54. The van der Waals surface area contributed by atoms with E-state index in [4.69, 9.17) is 4.74 Å². The van der Waals surface area contributed by atoms with Crippen LogP contribution in [0.1, 0.15) is 41.5 Å². The molecule has 3 atom stereocenters. The van der Waals surface area contributed by atoms with Gasteiger partial charge in [-0.05, 0) is 30.5 Å². The molecule has 0 spiro atoms. The first-order valence-corrected chi connectivity index (χ1v) is 9.03. The van der Waals surface area contributed by atoms with E-state index < -0.39 is 0 Å².